The van der Waals surface area contributed by atoms with Crippen LogP contribution >= 0.6 is 0 Å². The number of likely N-dealkylation sites (tertiary alicyclic amines) is 1. The molecule has 0 radical (unpaired) electrons. The molecule has 3 N–H and O–H groups in total. The van der Waals surface area contributed by atoms with E-state index in [0.29, 0.717) is 19.5 Å². The minimum absolute atomic E-state index is 0.0597. The number of benzene rings is 1. The Morgan fingerprint density at radius 3 is 2.55 bits per heavy atom. The molecule has 3 rings (SSSR count). The summed E-state index contributed by atoms with van der Waals surface area (Å²) >= 11 is 0. The highest BCUT2D eigenvalue weighted by Gasteiger charge is 2.42. The van der Waals surface area contributed by atoms with Gasteiger partial charge in [0.2, 0.25) is 0 Å². The molecule has 1 aliphatic heterocycles. The highest BCUT2D eigenvalue weighted by molar-refractivity contribution is 5.80. The zero-order valence-electron chi connectivity index (χ0n) is 12.5. The van der Waals surface area contributed by atoms with Crippen molar-refractivity contribution in [3.8, 4) is 0 Å². The number of fused-ring (bicyclic) bond motifs is 1. The molecular weight excluding hydrogens is 284 g/mol. The van der Waals surface area contributed by atoms with Gasteiger partial charge in [-0.25, -0.2) is 4.79 Å². The molecule has 1 aliphatic carbocycles. The lowest BCUT2D eigenvalue weighted by atomic mass is 9.83. The monoisotopic (exact) mass is 304 g/mol. The summed E-state index contributed by atoms with van der Waals surface area (Å²) in [6.45, 7) is 3.03. The topological polar surface area (TPSA) is 89.9 Å². The number of hydrogen-bond acceptors (Lipinski definition) is 3. The summed E-state index contributed by atoms with van der Waals surface area (Å²) in [6, 6.07) is 6.89. The molecule has 0 saturated carbocycles. The molecule has 22 heavy (non-hydrogen) atoms. The number of carboxylic acid groups (broad SMARTS) is 1. The van der Waals surface area contributed by atoms with E-state index >= 15 is 0 Å². The number of carbonyl (C=O) groups excluding carboxylic acids is 1. The summed E-state index contributed by atoms with van der Waals surface area (Å²) in [5.74, 6) is -1.43. The van der Waals surface area contributed by atoms with Gasteiger partial charge in [0.25, 0.3) is 0 Å². The molecule has 2 amide bonds. The van der Waals surface area contributed by atoms with E-state index < -0.39 is 11.9 Å². The van der Waals surface area contributed by atoms with Gasteiger partial charge in [-0.1, -0.05) is 31.2 Å². The second-order valence-electron chi connectivity index (χ2n) is 6.58. The van der Waals surface area contributed by atoms with E-state index in [1.54, 1.807) is 4.90 Å². The maximum Gasteiger partial charge on any atom is 0.317 e. The highest BCUT2D eigenvalue weighted by Crippen LogP contribution is 2.40. The quantitative estimate of drug-likeness (QED) is 0.785. The van der Waals surface area contributed by atoms with Gasteiger partial charge < -0.3 is 20.4 Å². The fraction of sp³-hybridized carbons (Fsp3) is 0.500. The van der Waals surface area contributed by atoms with Crippen LogP contribution in [-0.4, -0.2) is 46.8 Å². The van der Waals surface area contributed by atoms with Crippen molar-refractivity contribution >= 4 is 12.0 Å². The van der Waals surface area contributed by atoms with Crippen LogP contribution in [0.25, 0.3) is 0 Å². The Labute approximate surface area is 128 Å². The summed E-state index contributed by atoms with van der Waals surface area (Å²) in [4.78, 5) is 25.3. The molecule has 0 aromatic heterocycles. The lowest BCUT2D eigenvalue weighted by Gasteiger charge is -2.47. The van der Waals surface area contributed by atoms with Crippen molar-refractivity contribution in [3.63, 3.8) is 0 Å². The predicted octanol–water partition coefficient (Wildman–Crippen LogP) is 1.32. The Balaban J connectivity index is 1.69. The molecule has 6 nitrogen and oxygen atoms in total. The van der Waals surface area contributed by atoms with Gasteiger partial charge in [-0.3, -0.25) is 4.79 Å². The van der Waals surface area contributed by atoms with Crippen LogP contribution in [0.4, 0.5) is 4.79 Å². The van der Waals surface area contributed by atoms with Gasteiger partial charge in [-0.2, -0.15) is 0 Å². The van der Waals surface area contributed by atoms with E-state index in [9.17, 15) is 19.8 Å². The maximum atomic E-state index is 12.3. The van der Waals surface area contributed by atoms with Crippen LogP contribution in [0.2, 0.25) is 0 Å². The fourth-order valence-corrected chi connectivity index (χ4v) is 3.36. The molecule has 2 unspecified atom stereocenters. The number of aliphatic hydroxyl groups is 1. The van der Waals surface area contributed by atoms with Crippen molar-refractivity contribution in [2.75, 3.05) is 19.7 Å². The summed E-state index contributed by atoms with van der Waals surface area (Å²) in [5.41, 5.74) is 1.45. The second kappa shape index (κ2) is 5.28. The number of nitrogens with zero attached hydrogens (tertiary/aromatic N) is 1. The largest absolute Gasteiger partial charge is 0.481 e. The smallest absolute Gasteiger partial charge is 0.317 e. The number of urea groups is 1. The summed E-state index contributed by atoms with van der Waals surface area (Å²) < 4.78 is 0. The van der Waals surface area contributed by atoms with Gasteiger partial charge in [0.15, 0.2) is 0 Å². The Bertz CT molecular complexity index is 610. The van der Waals surface area contributed by atoms with E-state index in [-0.39, 0.29) is 24.1 Å². The second-order valence-corrected chi connectivity index (χ2v) is 6.58. The molecule has 1 heterocycles. The fourth-order valence-electron chi connectivity index (χ4n) is 3.36. The first-order chi connectivity index (χ1) is 10.4. The van der Waals surface area contributed by atoms with Crippen LogP contribution in [0.15, 0.2) is 24.3 Å². The predicted molar refractivity (Wildman–Crippen MR) is 79.5 cm³/mol. The van der Waals surface area contributed by atoms with Crippen molar-refractivity contribution in [1.82, 2.24) is 10.2 Å². The molecule has 2 aliphatic rings. The van der Waals surface area contributed by atoms with Crippen LogP contribution in [0.3, 0.4) is 0 Å². The zero-order valence-corrected chi connectivity index (χ0v) is 12.5. The number of aliphatic carboxylic acids is 1. The van der Waals surface area contributed by atoms with E-state index in [1.807, 2.05) is 31.2 Å². The lowest BCUT2D eigenvalue weighted by Crippen LogP contribution is -2.61. The van der Waals surface area contributed by atoms with Gasteiger partial charge in [-0.05, 0) is 17.5 Å². The lowest BCUT2D eigenvalue weighted by molar-refractivity contribution is -0.138. The molecule has 1 saturated heterocycles. The zero-order chi connectivity index (χ0) is 15.9. The number of rotatable bonds is 3. The van der Waals surface area contributed by atoms with Crippen molar-refractivity contribution in [3.05, 3.63) is 35.4 Å². The van der Waals surface area contributed by atoms with Crippen LogP contribution < -0.4 is 5.32 Å². The van der Waals surface area contributed by atoms with Gasteiger partial charge in [-0.15, -0.1) is 0 Å². The van der Waals surface area contributed by atoms with E-state index in [4.69, 9.17) is 0 Å². The Morgan fingerprint density at radius 2 is 1.95 bits per heavy atom. The third-order valence-corrected chi connectivity index (χ3v) is 4.63. The normalized spacial score (nSPS) is 25.3. The van der Waals surface area contributed by atoms with Crippen molar-refractivity contribution in [2.45, 2.75) is 25.3 Å². The Hall–Kier alpha value is -2.08. The molecule has 1 fully saturated rings. The van der Waals surface area contributed by atoms with Crippen molar-refractivity contribution in [2.24, 2.45) is 5.41 Å². The first-order valence-electron chi connectivity index (χ1n) is 7.41. The number of hydrogen-bond donors (Lipinski definition) is 3. The first-order valence-corrected chi connectivity index (χ1v) is 7.41. The Kier molecular flexibility index (Phi) is 3.56. The van der Waals surface area contributed by atoms with E-state index in [2.05, 4.69) is 5.32 Å². The number of amides is 2. The van der Waals surface area contributed by atoms with Gasteiger partial charge in [0.1, 0.15) is 0 Å². The third-order valence-electron chi connectivity index (χ3n) is 4.63. The number of carbonyl (C=O) groups is 2. The number of carboxylic acids is 1. The summed E-state index contributed by atoms with van der Waals surface area (Å²) in [5, 5.41) is 21.5. The summed E-state index contributed by atoms with van der Waals surface area (Å²) in [7, 11) is 0. The standard InChI is InChI=1S/C16H20N2O4/c1-16(9-19)7-18(8-16)15(22)17-13-6-12(14(20)21)10-4-2-3-5-11(10)13/h2-5,12-13,19H,6-9H2,1H3,(H,17,22)(H,20,21). The van der Waals surface area contributed by atoms with E-state index in [1.165, 1.54) is 0 Å². The SMILES string of the molecule is CC1(CO)CN(C(=O)NC2CC(C(=O)O)c3ccccc32)C1. The average molecular weight is 304 g/mol. The van der Waals surface area contributed by atoms with Crippen molar-refractivity contribution < 1.29 is 19.8 Å². The molecule has 0 spiro atoms. The molecule has 1 aromatic rings. The minimum atomic E-state index is -0.860. The number of aliphatic hydroxyl groups excluding tert-OH is 1. The van der Waals surface area contributed by atoms with Gasteiger partial charge >= 0.3 is 12.0 Å². The Morgan fingerprint density at radius 1 is 1.32 bits per heavy atom. The number of nitrogens with one attached hydrogen (secondary N) is 1. The highest BCUT2D eigenvalue weighted by atomic mass is 16.4. The van der Waals surface area contributed by atoms with Crippen LogP contribution in [0, 0.1) is 5.41 Å². The van der Waals surface area contributed by atoms with Crippen LogP contribution in [0.5, 0.6) is 0 Å². The molecule has 1 aromatic carbocycles. The van der Waals surface area contributed by atoms with Crippen molar-refractivity contribution in [1.29, 1.82) is 0 Å². The summed E-state index contributed by atoms with van der Waals surface area (Å²) in [6.07, 6.45) is 0.380. The molecule has 0 bridgehead atoms. The molecule has 2 atom stereocenters. The first kappa shape index (κ1) is 14.8. The molecule has 118 valence electrons. The third kappa shape index (κ3) is 2.43. The average Bonchev–Trinajstić information content (AvgIpc) is 2.83. The van der Waals surface area contributed by atoms with Crippen LogP contribution in [0.1, 0.15) is 36.4 Å². The van der Waals surface area contributed by atoms with Gasteiger partial charge in [0, 0.05) is 18.5 Å². The minimum Gasteiger partial charge on any atom is -0.481 e. The maximum absolute atomic E-state index is 12.3. The van der Waals surface area contributed by atoms with Gasteiger partial charge in [0.05, 0.1) is 18.6 Å². The van der Waals surface area contributed by atoms with Crippen LogP contribution in [-0.2, 0) is 4.79 Å². The van der Waals surface area contributed by atoms with E-state index in [0.717, 1.165) is 11.1 Å². The molecule has 6 heteroatoms. The molecular formula is C16H20N2O4.